The Balaban J connectivity index is 1.66. The average molecular weight is 362 g/mol. The van der Waals surface area contributed by atoms with Crippen LogP contribution < -0.4 is 10.6 Å². The molecule has 0 aliphatic rings. The number of nitrogens with one attached hydrogen (secondary N) is 2. The van der Waals surface area contributed by atoms with Gasteiger partial charge in [-0.1, -0.05) is 32.0 Å². The quantitative estimate of drug-likeness (QED) is 0.703. The Kier molecular flexibility index (Phi) is 5.76. The monoisotopic (exact) mass is 362 g/mol. The van der Waals surface area contributed by atoms with Gasteiger partial charge in [-0.3, -0.25) is 19.6 Å². The first-order valence-electron chi connectivity index (χ1n) is 8.92. The third kappa shape index (κ3) is 4.67. The maximum absolute atomic E-state index is 12.7. The van der Waals surface area contributed by atoms with Crippen molar-refractivity contribution in [2.75, 3.05) is 11.9 Å². The molecule has 0 unspecified atom stereocenters. The second-order valence-corrected chi connectivity index (χ2v) is 6.56. The van der Waals surface area contributed by atoms with Crippen LogP contribution in [-0.4, -0.2) is 28.3 Å². The lowest BCUT2D eigenvalue weighted by molar-refractivity contribution is -0.116. The minimum atomic E-state index is -0.202. The van der Waals surface area contributed by atoms with Gasteiger partial charge in [0.25, 0.3) is 5.91 Å². The molecule has 2 heterocycles. The fourth-order valence-electron chi connectivity index (χ4n) is 2.72. The number of benzene rings is 1. The molecule has 0 saturated heterocycles. The second-order valence-electron chi connectivity index (χ2n) is 6.56. The van der Waals surface area contributed by atoms with Crippen molar-refractivity contribution in [3.8, 4) is 0 Å². The molecule has 27 heavy (non-hydrogen) atoms. The molecule has 0 atom stereocenters. The first kappa shape index (κ1) is 18.5. The highest BCUT2D eigenvalue weighted by Gasteiger charge is 2.14. The SMILES string of the molecule is CC(C)c1cc(C(=O)NCCC(=O)Nc2ccncc2)c2ccccc2n1. The number of anilines is 1. The summed E-state index contributed by atoms with van der Waals surface area (Å²) >= 11 is 0. The van der Waals surface area contributed by atoms with Crippen molar-refractivity contribution in [2.24, 2.45) is 0 Å². The normalized spacial score (nSPS) is 10.8. The Labute approximate surface area is 158 Å². The Morgan fingerprint density at radius 3 is 2.56 bits per heavy atom. The number of rotatable bonds is 6. The van der Waals surface area contributed by atoms with E-state index in [2.05, 4.69) is 20.6 Å². The van der Waals surface area contributed by atoms with Crippen molar-refractivity contribution in [1.82, 2.24) is 15.3 Å². The largest absolute Gasteiger partial charge is 0.351 e. The predicted molar refractivity (Wildman–Crippen MR) is 106 cm³/mol. The van der Waals surface area contributed by atoms with Gasteiger partial charge < -0.3 is 10.6 Å². The maximum atomic E-state index is 12.7. The molecule has 1 aromatic carbocycles. The standard InChI is InChI=1S/C21H22N4O2/c1-14(2)19-13-17(16-5-3-4-6-18(16)25-19)21(27)23-12-9-20(26)24-15-7-10-22-11-8-15/h3-8,10-11,13-14H,9,12H2,1-2H3,(H,23,27)(H,22,24,26). The Bertz CT molecular complexity index is 955. The topological polar surface area (TPSA) is 84.0 Å². The molecule has 2 N–H and O–H groups in total. The molecule has 138 valence electrons. The number of pyridine rings is 2. The number of aromatic nitrogens is 2. The van der Waals surface area contributed by atoms with Crippen LogP contribution in [0.4, 0.5) is 5.69 Å². The molecule has 0 spiro atoms. The molecule has 3 aromatic rings. The van der Waals surface area contributed by atoms with Crippen LogP contribution in [0.2, 0.25) is 0 Å². The van der Waals surface area contributed by atoms with E-state index in [0.29, 0.717) is 11.3 Å². The molecule has 3 rings (SSSR count). The van der Waals surface area contributed by atoms with Crippen molar-refractivity contribution < 1.29 is 9.59 Å². The zero-order chi connectivity index (χ0) is 19.2. The number of para-hydroxylation sites is 1. The third-order valence-corrected chi connectivity index (χ3v) is 4.17. The molecular formula is C21H22N4O2. The van der Waals surface area contributed by atoms with Gasteiger partial charge in [-0.2, -0.15) is 0 Å². The van der Waals surface area contributed by atoms with Crippen LogP contribution in [0.25, 0.3) is 10.9 Å². The van der Waals surface area contributed by atoms with Crippen molar-refractivity contribution in [1.29, 1.82) is 0 Å². The van der Waals surface area contributed by atoms with Gasteiger partial charge in [-0.05, 0) is 30.2 Å². The number of carbonyl (C=O) groups is 2. The van der Waals surface area contributed by atoms with Crippen molar-refractivity contribution >= 4 is 28.4 Å². The van der Waals surface area contributed by atoms with E-state index in [9.17, 15) is 9.59 Å². The van der Waals surface area contributed by atoms with Crippen LogP contribution in [0.15, 0.2) is 54.9 Å². The molecule has 0 aliphatic carbocycles. The minimum absolute atomic E-state index is 0.163. The zero-order valence-corrected chi connectivity index (χ0v) is 15.4. The lowest BCUT2D eigenvalue weighted by atomic mass is 10.0. The molecule has 6 heteroatoms. The third-order valence-electron chi connectivity index (χ3n) is 4.17. The second kappa shape index (κ2) is 8.40. The zero-order valence-electron chi connectivity index (χ0n) is 15.4. The van der Waals surface area contributed by atoms with Gasteiger partial charge in [-0.15, -0.1) is 0 Å². The summed E-state index contributed by atoms with van der Waals surface area (Å²) in [5.41, 5.74) is 2.93. The maximum Gasteiger partial charge on any atom is 0.252 e. The average Bonchev–Trinajstić information content (AvgIpc) is 2.67. The molecule has 0 radical (unpaired) electrons. The summed E-state index contributed by atoms with van der Waals surface area (Å²) in [6.45, 7) is 4.34. The van der Waals surface area contributed by atoms with Gasteiger partial charge in [0.2, 0.25) is 5.91 Å². The molecule has 0 aliphatic heterocycles. The Morgan fingerprint density at radius 2 is 1.81 bits per heavy atom. The molecule has 2 amide bonds. The smallest absolute Gasteiger partial charge is 0.252 e. The number of amides is 2. The highest BCUT2D eigenvalue weighted by atomic mass is 16.2. The number of carbonyl (C=O) groups excluding carboxylic acids is 2. The van der Waals surface area contributed by atoms with Crippen LogP contribution in [0.5, 0.6) is 0 Å². The van der Waals surface area contributed by atoms with E-state index >= 15 is 0 Å². The summed E-state index contributed by atoms with van der Waals surface area (Å²) < 4.78 is 0. The van der Waals surface area contributed by atoms with Gasteiger partial charge in [0.05, 0.1) is 11.1 Å². The van der Waals surface area contributed by atoms with Gasteiger partial charge >= 0.3 is 0 Å². The van der Waals surface area contributed by atoms with E-state index in [-0.39, 0.29) is 30.7 Å². The summed E-state index contributed by atoms with van der Waals surface area (Å²) in [4.78, 5) is 33.2. The molecule has 0 fully saturated rings. The first-order chi connectivity index (χ1) is 13.0. The minimum Gasteiger partial charge on any atom is -0.351 e. The van der Waals surface area contributed by atoms with Crippen molar-refractivity contribution in [2.45, 2.75) is 26.2 Å². The van der Waals surface area contributed by atoms with E-state index in [0.717, 1.165) is 16.6 Å². The lowest BCUT2D eigenvalue weighted by Crippen LogP contribution is -2.28. The van der Waals surface area contributed by atoms with Gasteiger partial charge in [0, 0.05) is 42.1 Å². The van der Waals surface area contributed by atoms with Gasteiger partial charge in [0.1, 0.15) is 0 Å². The van der Waals surface area contributed by atoms with E-state index in [4.69, 9.17) is 0 Å². The lowest BCUT2D eigenvalue weighted by Gasteiger charge is -2.12. The van der Waals surface area contributed by atoms with Crippen LogP contribution in [0.1, 0.15) is 42.2 Å². The van der Waals surface area contributed by atoms with Crippen LogP contribution in [0, 0.1) is 0 Å². The summed E-state index contributed by atoms with van der Waals surface area (Å²) in [5.74, 6) is -0.150. The van der Waals surface area contributed by atoms with Crippen LogP contribution in [-0.2, 0) is 4.79 Å². The number of nitrogens with zero attached hydrogens (tertiary/aromatic N) is 2. The highest BCUT2D eigenvalue weighted by molar-refractivity contribution is 6.06. The molecule has 2 aromatic heterocycles. The van der Waals surface area contributed by atoms with Crippen molar-refractivity contribution in [3.05, 3.63) is 66.1 Å². The predicted octanol–water partition coefficient (Wildman–Crippen LogP) is 3.51. The summed E-state index contributed by atoms with van der Waals surface area (Å²) in [6, 6.07) is 12.8. The summed E-state index contributed by atoms with van der Waals surface area (Å²) in [6.07, 6.45) is 3.41. The Hall–Kier alpha value is -3.28. The van der Waals surface area contributed by atoms with E-state index in [1.807, 2.05) is 44.2 Å². The van der Waals surface area contributed by atoms with E-state index in [1.54, 1.807) is 24.5 Å². The highest BCUT2D eigenvalue weighted by Crippen LogP contribution is 2.22. The molecular weight excluding hydrogens is 340 g/mol. The van der Waals surface area contributed by atoms with E-state index < -0.39 is 0 Å². The van der Waals surface area contributed by atoms with Crippen LogP contribution >= 0.6 is 0 Å². The van der Waals surface area contributed by atoms with Crippen LogP contribution in [0.3, 0.4) is 0 Å². The molecule has 0 saturated carbocycles. The number of fused-ring (bicyclic) bond motifs is 1. The van der Waals surface area contributed by atoms with Crippen molar-refractivity contribution in [3.63, 3.8) is 0 Å². The summed E-state index contributed by atoms with van der Waals surface area (Å²) in [7, 11) is 0. The first-order valence-corrected chi connectivity index (χ1v) is 8.92. The Morgan fingerprint density at radius 1 is 1.07 bits per heavy atom. The fourth-order valence-corrected chi connectivity index (χ4v) is 2.72. The van der Waals surface area contributed by atoms with Gasteiger partial charge in [0.15, 0.2) is 0 Å². The number of hydrogen-bond donors (Lipinski definition) is 2. The van der Waals surface area contributed by atoms with E-state index in [1.165, 1.54) is 0 Å². The summed E-state index contributed by atoms with van der Waals surface area (Å²) in [5, 5.41) is 6.41. The molecule has 6 nitrogen and oxygen atoms in total. The number of hydrogen-bond acceptors (Lipinski definition) is 4. The molecule has 0 bridgehead atoms. The fraction of sp³-hybridized carbons (Fsp3) is 0.238. The van der Waals surface area contributed by atoms with Gasteiger partial charge in [-0.25, -0.2) is 0 Å².